The zero-order valence-electron chi connectivity index (χ0n) is 18.2. The lowest BCUT2D eigenvalue weighted by molar-refractivity contribution is 0.100. The molecule has 4 heteroatoms. The topological polar surface area (TPSA) is 55.4 Å². The van der Waals surface area contributed by atoms with Crippen LogP contribution in [0.3, 0.4) is 0 Å². The summed E-state index contributed by atoms with van der Waals surface area (Å²) in [5.74, 6) is -0.375. The van der Waals surface area contributed by atoms with Crippen LogP contribution in [0.1, 0.15) is 35.3 Å². The Kier molecular flexibility index (Phi) is 9.53. The number of nitrogens with two attached hydrogens (primary N) is 1. The van der Waals surface area contributed by atoms with Crippen molar-refractivity contribution in [2.45, 2.75) is 30.6 Å². The molecule has 2 N–H and O–H groups in total. The summed E-state index contributed by atoms with van der Waals surface area (Å²) in [6, 6.07) is 26.0. The minimum Gasteiger partial charge on any atom is -0.366 e. The van der Waals surface area contributed by atoms with Crippen molar-refractivity contribution in [1.29, 1.82) is 0 Å². The van der Waals surface area contributed by atoms with Gasteiger partial charge < -0.3 is 5.73 Å². The lowest BCUT2D eigenvalue weighted by atomic mass is 10.1. The van der Waals surface area contributed by atoms with Crippen LogP contribution in [0.25, 0.3) is 5.70 Å². The number of amides is 1. The molecule has 0 fully saturated rings. The number of hydrogen-bond donors (Lipinski definition) is 1. The van der Waals surface area contributed by atoms with E-state index < -0.39 is 0 Å². The zero-order valence-corrected chi connectivity index (χ0v) is 19.0. The van der Waals surface area contributed by atoms with E-state index in [9.17, 15) is 4.79 Å². The first-order valence-electron chi connectivity index (χ1n) is 9.93. The van der Waals surface area contributed by atoms with E-state index in [1.807, 2.05) is 45.0 Å². The number of hydrogen-bond acceptors (Lipinski definition) is 3. The van der Waals surface area contributed by atoms with Crippen molar-refractivity contribution < 1.29 is 4.79 Å². The molecule has 0 atom stereocenters. The monoisotopic (exact) mass is 428 g/mol. The van der Waals surface area contributed by atoms with Crippen molar-refractivity contribution >= 4 is 29.1 Å². The second kappa shape index (κ2) is 12.4. The molecule has 0 saturated heterocycles. The van der Waals surface area contributed by atoms with E-state index in [4.69, 9.17) is 5.73 Å². The Labute approximate surface area is 189 Å². The normalized spacial score (nSPS) is 10.5. The molecule has 0 radical (unpaired) electrons. The van der Waals surface area contributed by atoms with E-state index in [0.717, 1.165) is 22.5 Å². The number of primary amides is 1. The molecule has 3 aromatic carbocycles. The van der Waals surface area contributed by atoms with Crippen molar-refractivity contribution in [3.8, 4) is 0 Å². The highest BCUT2D eigenvalue weighted by Gasteiger charge is 2.01. The fraction of sp³-hybridized carbons (Fsp3) is 0.111. The first-order valence-corrected chi connectivity index (χ1v) is 10.7. The average Bonchev–Trinajstić information content (AvgIpc) is 2.75. The average molecular weight is 429 g/mol. The first-order chi connectivity index (χ1) is 14.9. The van der Waals surface area contributed by atoms with Crippen molar-refractivity contribution in [3.05, 3.63) is 114 Å². The zero-order chi connectivity index (χ0) is 22.6. The summed E-state index contributed by atoms with van der Waals surface area (Å²) < 4.78 is 0. The van der Waals surface area contributed by atoms with Gasteiger partial charge in [0.2, 0.25) is 5.91 Å². The van der Waals surface area contributed by atoms with Crippen LogP contribution in [0.5, 0.6) is 0 Å². The van der Waals surface area contributed by atoms with Crippen LogP contribution in [0.2, 0.25) is 0 Å². The minimum absolute atomic E-state index is 0.375. The van der Waals surface area contributed by atoms with Gasteiger partial charge in [0.1, 0.15) is 0 Å². The molecule has 0 aromatic heterocycles. The SMILES string of the molecule is C=C/C=C(\N=C(C)C)c1ccc(Sc2ccccc2)cc1.Cc1ccc(C(N)=O)cc1. The summed E-state index contributed by atoms with van der Waals surface area (Å²) in [4.78, 5) is 17.6. The molecular weight excluding hydrogens is 400 g/mol. The Balaban J connectivity index is 0.000000285. The van der Waals surface area contributed by atoms with Gasteiger partial charge >= 0.3 is 0 Å². The first kappa shape index (κ1) is 23.9. The summed E-state index contributed by atoms with van der Waals surface area (Å²) in [6.07, 6.45) is 3.71. The molecule has 3 nitrogen and oxygen atoms in total. The quantitative estimate of drug-likeness (QED) is 0.341. The third-order valence-electron chi connectivity index (χ3n) is 4.08. The van der Waals surface area contributed by atoms with Gasteiger partial charge in [0, 0.05) is 26.6 Å². The van der Waals surface area contributed by atoms with Gasteiger partial charge in [-0.2, -0.15) is 0 Å². The summed E-state index contributed by atoms with van der Waals surface area (Å²) >= 11 is 1.76. The largest absolute Gasteiger partial charge is 0.366 e. The van der Waals surface area contributed by atoms with E-state index in [2.05, 4.69) is 60.1 Å². The predicted molar refractivity (Wildman–Crippen MR) is 134 cm³/mol. The molecule has 0 aliphatic carbocycles. The van der Waals surface area contributed by atoms with Crippen LogP contribution in [0.15, 0.2) is 112 Å². The molecule has 0 spiro atoms. The third kappa shape index (κ3) is 8.49. The van der Waals surface area contributed by atoms with Gasteiger partial charge in [-0.25, -0.2) is 0 Å². The number of aryl methyl sites for hydroxylation is 1. The van der Waals surface area contributed by atoms with Crippen molar-refractivity contribution in [1.82, 2.24) is 0 Å². The Morgan fingerprint density at radius 3 is 1.94 bits per heavy atom. The Morgan fingerprint density at radius 1 is 0.871 bits per heavy atom. The van der Waals surface area contributed by atoms with Gasteiger partial charge in [-0.3, -0.25) is 9.79 Å². The Bertz CT molecular complexity index is 1050. The van der Waals surface area contributed by atoms with Gasteiger partial charge in [0.15, 0.2) is 0 Å². The lowest BCUT2D eigenvalue weighted by Crippen LogP contribution is -2.10. The molecule has 3 aromatic rings. The number of carbonyl (C=O) groups is 1. The molecule has 31 heavy (non-hydrogen) atoms. The van der Waals surface area contributed by atoms with Gasteiger partial charge in [0.05, 0.1) is 5.70 Å². The Hall–Kier alpha value is -3.37. The molecular formula is C27H28N2OS. The molecule has 0 aliphatic heterocycles. The molecule has 0 saturated carbocycles. The molecule has 0 bridgehead atoms. The maximum Gasteiger partial charge on any atom is 0.248 e. The van der Waals surface area contributed by atoms with E-state index >= 15 is 0 Å². The maximum atomic E-state index is 10.5. The van der Waals surface area contributed by atoms with E-state index in [-0.39, 0.29) is 5.91 Å². The summed E-state index contributed by atoms with van der Waals surface area (Å²) in [5, 5.41) is 0. The Morgan fingerprint density at radius 2 is 1.42 bits per heavy atom. The molecule has 158 valence electrons. The van der Waals surface area contributed by atoms with Crippen LogP contribution in [0, 0.1) is 6.92 Å². The molecule has 0 heterocycles. The van der Waals surface area contributed by atoms with E-state index in [1.54, 1.807) is 30.0 Å². The van der Waals surface area contributed by atoms with E-state index in [1.165, 1.54) is 9.79 Å². The lowest BCUT2D eigenvalue weighted by Gasteiger charge is -2.05. The molecule has 1 amide bonds. The van der Waals surface area contributed by atoms with Crippen molar-refractivity contribution in [2.75, 3.05) is 0 Å². The number of rotatable bonds is 6. The molecule has 0 unspecified atom stereocenters. The van der Waals surface area contributed by atoms with Crippen LogP contribution < -0.4 is 5.73 Å². The van der Waals surface area contributed by atoms with Crippen molar-refractivity contribution in [3.63, 3.8) is 0 Å². The number of benzene rings is 3. The third-order valence-corrected chi connectivity index (χ3v) is 5.10. The maximum absolute atomic E-state index is 10.5. The standard InChI is InChI=1S/C19H19NS.C8H9NO/c1-4-8-19(20-15(2)3)16-11-13-18(14-12-16)21-17-9-6-5-7-10-17;1-6-2-4-7(5-3-6)8(9)10/h4-14H,1H2,2-3H3;2-5H,1H3,(H2,9,10)/b19-8-;. The smallest absolute Gasteiger partial charge is 0.248 e. The molecule has 3 rings (SSSR count). The van der Waals surface area contributed by atoms with Crippen molar-refractivity contribution in [2.24, 2.45) is 10.7 Å². The fourth-order valence-electron chi connectivity index (χ4n) is 2.59. The summed E-state index contributed by atoms with van der Waals surface area (Å²) in [5.41, 5.74) is 9.80. The number of aliphatic imine (C=N–C) groups is 1. The predicted octanol–water partition coefficient (Wildman–Crippen LogP) is 6.94. The summed E-state index contributed by atoms with van der Waals surface area (Å²) in [7, 11) is 0. The van der Waals surface area contributed by atoms with Crippen LogP contribution in [-0.2, 0) is 0 Å². The van der Waals surface area contributed by atoms with E-state index in [0.29, 0.717) is 5.56 Å². The highest BCUT2D eigenvalue weighted by Crippen LogP contribution is 2.28. The second-order valence-corrected chi connectivity index (χ2v) is 8.16. The van der Waals surface area contributed by atoms with Gasteiger partial charge in [-0.1, -0.05) is 72.4 Å². The molecule has 0 aliphatic rings. The van der Waals surface area contributed by atoms with Crippen LogP contribution in [-0.4, -0.2) is 11.6 Å². The van der Waals surface area contributed by atoms with Crippen LogP contribution >= 0.6 is 11.8 Å². The van der Waals surface area contributed by atoms with Gasteiger partial charge in [-0.05, 0) is 63.2 Å². The van der Waals surface area contributed by atoms with Gasteiger partial charge in [0.25, 0.3) is 0 Å². The number of nitrogens with zero attached hydrogens (tertiary/aromatic N) is 1. The highest BCUT2D eigenvalue weighted by molar-refractivity contribution is 7.99. The highest BCUT2D eigenvalue weighted by atomic mass is 32.2. The second-order valence-electron chi connectivity index (χ2n) is 7.02. The minimum atomic E-state index is -0.375. The van der Waals surface area contributed by atoms with Gasteiger partial charge in [-0.15, -0.1) is 0 Å². The fourth-order valence-corrected chi connectivity index (χ4v) is 3.42. The summed E-state index contributed by atoms with van der Waals surface area (Å²) in [6.45, 7) is 9.71. The number of allylic oxidation sites excluding steroid dienone is 2. The van der Waals surface area contributed by atoms with Crippen LogP contribution in [0.4, 0.5) is 0 Å². The number of carbonyl (C=O) groups excluding carboxylic acids is 1.